The average Bonchev–Trinajstić information content (AvgIpc) is 2.71. The number of hydrogen-bond acceptors (Lipinski definition) is 5. The van der Waals surface area contributed by atoms with Gasteiger partial charge in [-0.1, -0.05) is 50.3 Å². The highest BCUT2D eigenvalue weighted by Gasteiger charge is 2.34. The summed E-state index contributed by atoms with van der Waals surface area (Å²) in [6.45, 7) is 11.2. The van der Waals surface area contributed by atoms with E-state index < -0.39 is 29.6 Å². The maximum absolute atomic E-state index is 12.8. The van der Waals surface area contributed by atoms with Crippen molar-refractivity contribution < 1.29 is 24.1 Å². The Morgan fingerprint density at radius 2 is 1.63 bits per heavy atom. The number of aryl methyl sites for hydroxylation is 1. The molecule has 2 atom stereocenters. The van der Waals surface area contributed by atoms with Crippen LogP contribution in [-0.2, 0) is 30.5 Å². The van der Waals surface area contributed by atoms with Gasteiger partial charge in [0.25, 0.3) is 5.91 Å². The Kier molecular flexibility index (Phi) is 11.4. The molecule has 0 aromatic heterocycles. The molecule has 7 heteroatoms. The van der Waals surface area contributed by atoms with E-state index in [1.165, 1.54) is 0 Å². The van der Waals surface area contributed by atoms with E-state index in [1.54, 1.807) is 19.9 Å². The number of nitrogens with one attached hydrogen (secondary N) is 2. The van der Waals surface area contributed by atoms with Gasteiger partial charge in [-0.05, 0) is 44.6 Å². The van der Waals surface area contributed by atoms with Gasteiger partial charge in [-0.25, -0.2) is 10.3 Å². The number of hydroxylamine groups is 2. The third-order valence-corrected chi connectivity index (χ3v) is 4.43. The summed E-state index contributed by atoms with van der Waals surface area (Å²) in [6, 6.07) is 9.53. The van der Waals surface area contributed by atoms with Gasteiger partial charge in [0, 0.05) is 0 Å². The molecule has 0 saturated carbocycles. The molecule has 0 heterocycles. The number of carbonyl (C=O) groups excluding carboxylic acids is 3. The molecule has 0 aliphatic heterocycles. The zero-order valence-corrected chi connectivity index (χ0v) is 18.4. The highest BCUT2D eigenvalue weighted by atomic mass is 16.7. The predicted molar refractivity (Wildman–Crippen MR) is 115 cm³/mol. The molecule has 2 amide bonds. The minimum Gasteiger partial charge on any atom is -0.341 e. The minimum atomic E-state index is -0.694. The van der Waals surface area contributed by atoms with E-state index in [0.29, 0.717) is 19.3 Å². The summed E-state index contributed by atoms with van der Waals surface area (Å²) in [5, 5.41) is 0. The molecule has 0 unspecified atom stereocenters. The Bertz CT molecular complexity index is 688. The quantitative estimate of drug-likeness (QED) is 0.400. The summed E-state index contributed by atoms with van der Waals surface area (Å²) in [4.78, 5) is 47.5. The van der Waals surface area contributed by atoms with E-state index in [0.717, 1.165) is 5.56 Å². The van der Waals surface area contributed by atoms with Gasteiger partial charge in [0.1, 0.15) is 0 Å². The molecule has 0 aliphatic rings. The van der Waals surface area contributed by atoms with E-state index in [1.807, 2.05) is 44.2 Å². The van der Waals surface area contributed by atoms with Crippen LogP contribution in [0.5, 0.6) is 0 Å². The molecule has 0 bridgehead atoms. The van der Waals surface area contributed by atoms with Crippen LogP contribution in [0.4, 0.5) is 0 Å². The van der Waals surface area contributed by atoms with Gasteiger partial charge in [0.15, 0.2) is 0 Å². The van der Waals surface area contributed by atoms with Crippen LogP contribution in [0, 0.1) is 17.8 Å². The van der Waals surface area contributed by atoms with Crippen molar-refractivity contribution in [3.63, 3.8) is 0 Å². The molecule has 1 aromatic carbocycles. The molecule has 0 aliphatic carbocycles. The van der Waals surface area contributed by atoms with Gasteiger partial charge in [0.05, 0.1) is 24.4 Å². The van der Waals surface area contributed by atoms with Gasteiger partial charge < -0.3 is 4.84 Å². The standard InChI is InChI=1S/C23H34N2O5/c1-6-10-19(22(27)24-29-17(4)5)20(15-16(2)3)23(28)25-30-21(26)14-13-18-11-8-7-9-12-18/h6-9,11-12,16-17,19-20H,1,10,13-15H2,2-5H3,(H,24,27)(H,25,28)/t19-,20+/m0/s1. The number of hydrogen-bond donors (Lipinski definition) is 2. The van der Waals surface area contributed by atoms with E-state index in [9.17, 15) is 14.4 Å². The molecule has 166 valence electrons. The summed E-state index contributed by atoms with van der Waals surface area (Å²) >= 11 is 0. The first-order chi connectivity index (χ1) is 14.2. The molecule has 1 aromatic rings. The van der Waals surface area contributed by atoms with Gasteiger partial charge in [-0.3, -0.25) is 14.4 Å². The van der Waals surface area contributed by atoms with Crippen LogP contribution in [0.3, 0.4) is 0 Å². The molecule has 0 spiro atoms. The van der Waals surface area contributed by atoms with Crippen molar-refractivity contribution in [2.75, 3.05) is 0 Å². The predicted octanol–water partition coefficient (Wildman–Crippen LogP) is 3.50. The Morgan fingerprint density at radius 3 is 2.20 bits per heavy atom. The van der Waals surface area contributed by atoms with Crippen molar-refractivity contribution in [1.82, 2.24) is 11.0 Å². The largest absolute Gasteiger partial charge is 0.341 e. The lowest BCUT2D eigenvalue weighted by Crippen LogP contribution is -2.43. The topological polar surface area (TPSA) is 93.7 Å². The van der Waals surface area contributed by atoms with Crippen molar-refractivity contribution in [2.24, 2.45) is 17.8 Å². The molecular formula is C23H34N2O5. The van der Waals surface area contributed by atoms with Crippen LogP contribution in [0.15, 0.2) is 43.0 Å². The molecule has 1 rings (SSSR count). The second-order valence-corrected chi connectivity index (χ2v) is 7.93. The van der Waals surface area contributed by atoms with Crippen molar-refractivity contribution in [2.45, 2.75) is 59.5 Å². The molecule has 2 N–H and O–H groups in total. The lowest BCUT2D eigenvalue weighted by Gasteiger charge is -2.26. The fraction of sp³-hybridized carbons (Fsp3) is 0.522. The molecule has 0 saturated heterocycles. The summed E-state index contributed by atoms with van der Waals surface area (Å²) in [5.41, 5.74) is 5.65. The number of amides is 2. The maximum atomic E-state index is 12.8. The third-order valence-electron chi connectivity index (χ3n) is 4.43. The van der Waals surface area contributed by atoms with Crippen LogP contribution in [0.25, 0.3) is 0 Å². The molecule has 30 heavy (non-hydrogen) atoms. The van der Waals surface area contributed by atoms with Crippen LogP contribution in [0.2, 0.25) is 0 Å². The molecule has 7 nitrogen and oxygen atoms in total. The Hall–Kier alpha value is -2.67. The maximum Gasteiger partial charge on any atom is 0.332 e. The number of benzene rings is 1. The molecule has 0 radical (unpaired) electrons. The van der Waals surface area contributed by atoms with Crippen molar-refractivity contribution in [3.8, 4) is 0 Å². The average molecular weight is 419 g/mol. The third kappa shape index (κ3) is 9.69. The van der Waals surface area contributed by atoms with Crippen LogP contribution < -0.4 is 11.0 Å². The number of rotatable bonds is 12. The second kappa shape index (κ2) is 13.5. The number of allylic oxidation sites excluding steroid dienone is 1. The van der Waals surface area contributed by atoms with Gasteiger partial charge in [-0.2, -0.15) is 5.48 Å². The summed E-state index contributed by atoms with van der Waals surface area (Å²) < 4.78 is 0. The van der Waals surface area contributed by atoms with E-state index in [-0.39, 0.29) is 18.4 Å². The fourth-order valence-electron chi connectivity index (χ4n) is 2.97. The van der Waals surface area contributed by atoms with Crippen molar-refractivity contribution >= 4 is 17.8 Å². The highest BCUT2D eigenvalue weighted by molar-refractivity contribution is 5.87. The summed E-state index contributed by atoms with van der Waals surface area (Å²) in [7, 11) is 0. The smallest absolute Gasteiger partial charge is 0.332 e. The highest BCUT2D eigenvalue weighted by Crippen LogP contribution is 2.25. The van der Waals surface area contributed by atoms with Gasteiger partial charge >= 0.3 is 5.97 Å². The SMILES string of the molecule is C=CC[C@H](C(=O)NOC(C)C)[C@@H](CC(C)C)C(=O)NOC(=O)CCc1ccccc1. The molecule has 0 fully saturated rings. The molecular weight excluding hydrogens is 384 g/mol. The second-order valence-electron chi connectivity index (χ2n) is 7.93. The monoisotopic (exact) mass is 418 g/mol. The van der Waals surface area contributed by atoms with Gasteiger partial charge in [0.2, 0.25) is 5.91 Å². The summed E-state index contributed by atoms with van der Waals surface area (Å²) in [5.74, 6) is -2.68. The normalized spacial score (nSPS) is 12.9. The first-order valence-electron chi connectivity index (χ1n) is 10.3. The first-order valence-corrected chi connectivity index (χ1v) is 10.3. The van der Waals surface area contributed by atoms with Crippen LogP contribution in [-0.4, -0.2) is 23.9 Å². The lowest BCUT2D eigenvalue weighted by atomic mass is 9.82. The lowest BCUT2D eigenvalue weighted by molar-refractivity contribution is -0.162. The van der Waals surface area contributed by atoms with E-state index in [4.69, 9.17) is 9.68 Å². The Morgan fingerprint density at radius 1 is 1.00 bits per heavy atom. The first kappa shape index (κ1) is 25.4. The van der Waals surface area contributed by atoms with Crippen LogP contribution >= 0.6 is 0 Å². The van der Waals surface area contributed by atoms with Crippen molar-refractivity contribution in [1.29, 1.82) is 0 Å². The van der Waals surface area contributed by atoms with Gasteiger partial charge in [-0.15, -0.1) is 6.58 Å². The zero-order chi connectivity index (χ0) is 22.5. The number of carbonyl (C=O) groups is 3. The Balaban J connectivity index is 2.71. The minimum absolute atomic E-state index is 0.137. The Labute approximate surface area is 179 Å². The summed E-state index contributed by atoms with van der Waals surface area (Å²) in [6.07, 6.45) is 2.78. The zero-order valence-electron chi connectivity index (χ0n) is 18.4. The van der Waals surface area contributed by atoms with Crippen LogP contribution in [0.1, 0.15) is 52.5 Å². The fourth-order valence-corrected chi connectivity index (χ4v) is 2.97. The van der Waals surface area contributed by atoms with Crippen molar-refractivity contribution in [3.05, 3.63) is 48.6 Å². The van der Waals surface area contributed by atoms with E-state index >= 15 is 0 Å². The van der Waals surface area contributed by atoms with E-state index in [2.05, 4.69) is 17.5 Å².